The molecule has 0 unspecified atom stereocenters. The number of benzene rings is 1. The molecule has 0 amide bonds. The molecule has 5 rings (SSSR count). The van der Waals surface area contributed by atoms with Crippen LogP contribution in [0.25, 0.3) is 0 Å². The number of allylic oxidation sites excluding steroid dienone is 3. The van der Waals surface area contributed by atoms with Crippen molar-refractivity contribution < 1.29 is 42.8 Å². The summed E-state index contributed by atoms with van der Waals surface area (Å²) < 4.78 is 34.2. The van der Waals surface area contributed by atoms with Gasteiger partial charge in [-0.1, -0.05) is 19.0 Å². The molecule has 3 heterocycles. The first-order valence-corrected chi connectivity index (χ1v) is 12.9. The minimum Gasteiger partial charge on any atom is -0.492 e. The molecule has 2 N–H and O–H groups in total. The number of oxime groups is 1. The first-order valence-electron chi connectivity index (χ1n) is 12.9. The van der Waals surface area contributed by atoms with Crippen molar-refractivity contribution in [2.24, 2.45) is 16.3 Å². The zero-order chi connectivity index (χ0) is 28.8. The van der Waals surface area contributed by atoms with E-state index in [1.165, 1.54) is 14.2 Å². The summed E-state index contributed by atoms with van der Waals surface area (Å²) >= 11 is 0. The van der Waals surface area contributed by atoms with Crippen LogP contribution >= 0.6 is 0 Å². The van der Waals surface area contributed by atoms with Crippen molar-refractivity contribution in [2.45, 2.75) is 58.5 Å². The van der Waals surface area contributed by atoms with Crippen molar-refractivity contribution in [1.82, 2.24) is 0 Å². The highest BCUT2D eigenvalue weighted by Gasteiger charge is 2.47. The average molecular weight is 554 g/mol. The molecule has 0 aromatic heterocycles. The molecule has 0 saturated heterocycles. The van der Waals surface area contributed by atoms with Crippen molar-refractivity contribution in [3.63, 3.8) is 0 Å². The van der Waals surface area contributed by atoms with Crippen LogP contribution in [0.5, 0.6) is 23.0 Å². The number of esters is 1. The lowest BCUT2D eigenvalue weighted by Gasteiger charge is -2.38. The number of nitrogens with zero attached hydrogens (tertiary/aromatic N) is 2. The SMILES string of the molecule is CCOC(=O)C1=NO[C@@H](Cc2c(OC)c3c(c(OC)c2[C@H]2C(C#N)=C(N)OC4=C2C(=O)CC(C)(C)C4)OCO3)C1. The highest BCUT2D eigenvalue weighted by atomic mass is 16.7. The van der Waals surface area contributed by atoms with Crippen LogP contribution in [0.15, 0.2) is 27.9 Å². The Kier molecular flexibility index (Phi) is 6.99. The van der Waals surface area contributed by atoms with Gasteiger partial charge in [-0.2, -0.15) is 5.26 Å². The topological polar surface area (TPSA) is 161 Å². The number of methoxy groups -OCH3 is 2. The number of nitriles is 1. The zero-order valence-corrected chi connectivity index (χ0v) is 23.0. The molecule has 4 aliphatic rings. The van der Waals surface area contributed by atoms with Crippen LogP contribution in [0.1, 0.15) is 57.1 Å². The second-order valence-electron chi connectivity index (χ2n) is 10.6. The van der Waals surface area contributed by atoms with Gasteiger partial charge in [0.25, 0.3) is 0 Å². The van der Waals surface area contributed by atoms with Crippen LogP contribution in [0.4, 0.5) is 0 Å². The van der Waals surface area contributed by atoms with Crippen LogP contribution in [0, 0.1) is 16.7 Å². The van der Waals surface area contributed by atoms with Gasteiger partial charge in [-0.15, -0.1) is 0 Å². The van der Waals surface area contributed by atoms with Gasteiger partial charge in [-0.25, -0.2) is 4.79 Å². The Labute approximate surface area is 231 Å². The standard InChI is InChI=1S/C28H31N3O9/c1-6-36-27(33)16-8-13(40-31-16)7-14-20(23(35-5)25-24(22(14)34-4)37-12-38-25)19-15(11-29)26(30)39-18-10-28(2,3)9-17(32)21(18)19/h13,19H,6-10,12,30H2,1-5H3/t13-,19+/m0/s1. The number of nitrogens with two attached hydrogens (primary N) is 1. The van der Waals surface area contributed by atoms with Crippen LogP contribution in [-0.4, -0.2) is 51.2 Å². The number of hydrogen-bond acceptors (Lipinski definition) is 12. The lowest BCUT2D eigenvalue weighted by atomic mass is 9.69. The lowest BCUT2D eigenvalue weighted by molar-refractivity contribution is -0.135. The smallest absolute Gasteiger partial charge is 0.356 e. The predicted octanol–water partition coefficient (Wildman–Crippen LogP) is 3.13. The van der Waals surface area contributed by atoms with E-state index in [0.29, 0.717) is 40.4 Å². The van der Waals surface area contributed by atoms with Gasteiger partial charge in [-0.3, -0.25) is 4.79 Å². The van der Waals surface area contributed by atoms with E-state index in [2.05, 4.69) is 11.2 Å². The van der Waals surface area contributed by atoms with Crippen LogP contribution < -0.4 is 24.7 Å². The van der Waals surface area contributed by atoms with E-state index in [9.17, 15) is 14.9 Å². The van der Waals surface area contributed by atoms with Gasteiger partial charge in [0.15, 0.2) is 23.0 Å². The second kappa shape index (κ2) is 10.3. The van der Waals surface area contributed by atoms with E-state index in [4.69, 9.17) is 39.0 Å². The quantitative estimate of drug-likeness (QED) is 0.494. The summed E-state index contributed by atoms with van der Waals surface area (Å²) in [6, 6.07) is 2.15. The number of fused-ring (bicyclic) bond motifs is 1. The highest BCUT2D eigenvalue weighted by Crippen LogP contribution is 2.58. The van der Waals surface area contributed by atoms with Gasteiger partial charge in [0.1, 0.15) is 23.5 Å². The summed E-state index contributed by atoms with van der Waals surface area (Å²) in [5, 5.41) is 14.2. The Morgan fingerprint density at radius 3 is 2.52 bits per heavy atom. The monoisotopic (exact) mass is 553 g/mol. The Morgan fingerprint density at radius 2 is 1.88 bits per heavy atom. The molecule has 12 nitrogen and oxygen atoms in total. The highest BCUT2D eigenvalue weighted by molar-refractivity contribution is 6.36. The Balaban J connectivity index is 1.71. The first-order chi connectivity index (χ1) is 19.1. The van der Waals surface area contributed by atoms with Gasteiger partial charge in [0.2, 0.25) is 24.2 Å². The molecule has 1 aliphatic carbocycles. The van der Waals surface area contributed by atoms with Gasteiger partial charge < -0.3 is 39.0 Å². The molecule has 0 fully saturated rings. The van der Waals surface area contributed by atoms with Crippen LogP contribution in [-0.2, 0) is 30.3 Å². The number of hydrogen-bond donors (Lipinski definition) is 1. The molecular formula is C28H31N3O9. The summed E-state index contributed by atoms with van der Waals surface area (Å²) in [7, 11) is 2.94. The third-order valence-electron chi connectivity index (χ3n) is 7.32. The number of ether oxygens (including phenoxy) is 6. The average Bonchev–Trinajstić information content (AvgIpc) is 3.57. The molecule has 0 spiro atoms. The van der Waals surface area contributed by atoms with Crippen molar-refractivity contribution in [3.8, 4) is 29.1 Å². The molecule has 3 aliphatic heterocycles. The maximum atomic E-state index is 13.7. The fourth-order valence-corrected chi connectivity index (χ4v) is 5.73. The molecule has 1 aromatic carbocycles. The van der Waals surface area contributed by atoms with E-state index in [1.807, 2.05) is 13.8 Å². The number of ketones is 1. The molecule has 1 aromatic rings. The minimum atomic E-state index is -0.933. The lowest BCUT2D eigenvalue weighted by Crippen LogP contribution is -2.34. The molecule has 40 heavy (non-hydrogen) atoms. The maximum Gasteiger partial charge on any atom is 0.356 e. The summed E-state index contributed by atoms with van der Waals surface area (Å²) in [6.45, 7) is 5.77. The molecule has 2 atom stereocenters. The van der Waals surface area contributed by atoms with Gasteiger partial charge in [-0.05, 0) is 12.3 Å². The van der Waals surface area contributed by atoms with E-state index in [-0.39, 0.29) is 72.5 Å². The van der Waals surface area contributed by atoms with E-state index >= 15 is 0 Å². The van der Waals surface area contributed by atoms with Crippen molar-refractivity contribution in [3.05, 3.63) is 33.9 Å². The normalized spacial score (nSPS) is 22.6. The van der Waals surface area contributed by atoms with E-state index in [0.717, 1.165) is 0 Å². The van der Waals surface area contributed by atoms with E-state index < -0.39 is 18.0 Å². The Morgan fingerprint density at radius 1 is 1.18 bits per heavy atom. The largest absolute Gasteiger partial charge is 0.492 e. The summed E-state index contributed by atoms with van der Waals surface area (Å²) in [6.07, 6.45) is 0.461. The molecule has 0 radical (unpaired) electrons. The molecule has 12 heteroatoms. The van der Waals surface area contributed by atoms with Gasteiger partial charge in [0, 0.05) is 42.4 Å². The van der Waals surface area contributed by atoms with E-state index in [1.54, 1.807) is 6.92 Å². The fraction of sp³-hybridized carbons (Fsp3) is 0.500. The zero-order valence-electron chi connectivity index (χ0n) is 23.0. The van der Waals surface area contributed by atoms with Crippen LogP contribution in [0.2, 0.25) is 0 Å². The number of rotatable bonds is 7. The summed E-state index contributed by atoms with van der Waals surface area (Å²) in [5.41, 5.74) is 7.46. The summed E-state index contributed by atoms with van der Waals surface area (Å²) in [4.78, 5) is 31.6. The van der Waals surface area contributed by atoms with Gasteiger partial charge >= 0.3 is 5.97 Å². The minimum absolute atomic E-state index is 0.0584. The van der Waals surface area contributed by atoms with Crippen molar-refractivity contribution in [2.75, 3.05) is 27.6 Å². The third-order valence-corrected chi connectivity index (χ3v) is 7.32. The Hall–Kier alpha value is -4.40. The number of carbonyl (C=O) groups is 2. The maximum absolute atomic E-state index is 13.7. The molecular weight excluding hydrogens is 522 g/mol. The van der Waals surface area contributed by atoms with Crippen LogP contribution in [0.3, 0.4) is 0 Å². The number of carbonyl (C=O) groups excluding carboxylic acids is 2. The molecule has 212 valence electrons. The van der Waals surface area contributed by atoms with Gasteiger partial charge in [0.05, 0.1) is 26.7 Å². The van der Waals surface area contributed by atoms with Crippen molar-refractivity contribution in [1.29, 1.82) is 5.26 Å². The first kappa shape index (κ1) is 27.2. The Bertz CT molecular complexity index is 1420. The summed E-state index contributed by atoms with van der Waals surface area (Å²) in [5.74, 6) is -0.142. The molecule has 0 bridgehead atoms. The van der Waals surface area contributed by atoms with Crippen molar-refractivity contribution >= 4 is 17.5 Å². The molecule has 0 saturated carbocycles. The predicted molar refractivity (Wildman–Crippen MR) is 139 cm³/mol. The number of Topliss-reactive ketones (excluding diaryl/α,β-unsaturated/α-hetero) is 1. The third kappa shape index (κ3) is 4.45. The fourth-order valence-electron chi connectivity index (χ4n) is 5.73. The second-order valence-corrected chi connectivity index (χ2v) is 10.6.